The Bertz CT molecular complexity index is 1450. The van der Waals surface area contributed by atoms with Crippen molar-refractivity contribution in [1.29, 1.82) is 0 Å². The summed E-state index contributed by atoms with van der Waals surface area (Å²) in [7, 11) is 1.70. The number of halogens is 1. The van der Waals surface area contributed by atoms with Crippen LogP contribution in [0.3, 0.4) is 0 Å². The number of carbonyl (C=O) groups is 1. The summed E-state index contributed by atoms with van der Waals surface area (Å²) in [6.45, 7) is 5.31. The number of fused-ring (bicyclic) bond motifs is 1. The molecule has 2 saturated heterocycles. The van der Waals surface area contributed by atoms with Crippen molar-refractivity contribution in [2.75, 3.05) is 51.3 Å². The van der Waals surface area contributed by atoms with Gasteiger partial charge in [-0.05, 0) is 67.9 Å². The number of methoxy groups -OCH3 is 1. The van der Waals surface area contributed by atoms with Crippen LogP contribution in [-0.4, -0.2) is 71.6 Å². The minimum atomic E-state index is -0.258. The zero-order chi connectivity index (χ0) is 26.8. The topological polar surface area (TPSA) is 53.8 Å². The van der Waals surface area contributed by atoms with Crippen LogP contribution in [0.5, 0.6) is 5.75 Å². The van der Waals surface area contributed by atoms with Gasteiger partial charge in [0.2, 0.25) is 5.91 Å². The second kappa shape index (κ2) is 11.1. The van der Waals surface area contributed by atoms with Crippen LogP contribution in [0, 0.1) is 11.7 Å². The highest BCUT2D eigenvalue weighted by Crippen LogP contribution is 2.29. The third-order valence-electron chi connectivity index (χ3n) is 7.95. The third kappa shape index (κ3) is 5.21. The highest BCUT2D eigenvalue weighted by atomic mass is 19.1. The first-order chi connectivity index (χ1) is 19.1. The van der Waals surface area contributed by atoms with Gasteiger partial charge in [0.25, 0.3) is 0 Å². The summed E-state index contributed by atoms with van der Waals surface area (Å²) in [5.41, 5.74) is 3.88. The molecular formula is C31H34FN5O2. The Morgan fingerprint density at radius 3 is 2.49 bits per heavy atom. The number of ether oxygens (including phenoxy) is 1. The number of aromatic nitrogens is 2. The average molecular weight is 528 g/mol. The Balaban J connectivity index is 1.14. The van der Waals surface area contributed by atoms with E-state index in [1.54, 1.807) is 19.2 Å². The van der Waals surface area contributed by atoms with Crippen LogP contribution >= 0.6 is 0 Å². The number of amides is 1. The van der Waals surface area contributed by atoms with Gasteiger partial charge in [0.15, 0.2) is 0 Å². The Hall–Kier alpha value is -3.91. The van der Waals surface area contributed by atoms with Gasteiger partial charge >= 0.3 is 0 Å². The summed E-state index contributed by atoms with van der Waals surface area (Å²) in [5, 5.41) is 0. The number of anilines is 1. The largest absolute Gasteiger partial charge is 0.495 e. The molecule has 0 unspecified atom stereocenters. The molecular weight excluding hydrogens is 493 g/mol. The van der Waals surface area contributed by atoms with E-state index in [4.69, 9.17) is 9.72 Å². The lowest BCUT2D eigenvalue weighted by atomic mass is 9.96. The first-order valence-electron chi connectivity index (χ1n) is 13.7. The summed E-state index contributed by atoms with van der Waals surface area (Å²) in [6, 6.07) is 22.6. The average Bonchev–Trinajstić information content (AvgIpc) is 3.35. The van der Waals surface area contributed by atoms with Gasteiger partial charge < -0.3 is 14.5 Å². The zero-order valence-corrected chi connectivity index (χ0v) is 22.3. The van der Waals surface area contributed by atoms with Gasteiger partial charge in [0, 0.05) is 38.4 Å². The van der Waals surface area contributed by atoms with E-state index < -0.39 is 0 Å². The number of imidazole rings is 1. The van der Waals surface area contributed by atoms with Crippen LogP contribution in [0.2, 0.25) is 0 Å². The first kappa shape index (κ1) is 25.4. The normalized spacial score (nSPS) is 18.5. The second-order valence-corrected chi connectivity index (χ2v) is 10.4. The lowest BCUT2D eigenvalue weighted by Gasteiger charge is -2.40. The molecule has 1 aromatic heterocycles. The number of hydrogen-bond acceptors (Lipinski definition) is 5. The van der Waals surface area contributed by atoms with E-state index in [-0.39, 0.29) is 17.6 Å². The molecule has 202 valence electrons. The lowest BCUT2D eigenvalue weighted by Crippen LogP contribution is -2.52. The molecule has 0 bridgehead atoms. The third-order valence-corrected chi connectivity index (χ3v) is 7.95. The van der Waals surface area contributed by atoms with Crippen molar-refractivity contribution >= 4 is 22.6 Å². The number of rotatable bonds is 6. The lowest BCUT2D eigenvalue weighted by molar-refractivity contribution is -0.137. The molecule has 8 heteroatoms. The van der Waals surface area contributed by atoms with Gasteiger partial charge in [-0.2, -0.15) is 0 Å². The molecule has 4 aromatic rings. The van der Waals surface area contributed by atoms with E-state index >= 15 is 0 Å². The monoisotopic (exact) mass is 527 g/mol. The molecule has 0 aliphatic carbocycles. The molecule has 7 nitrogen and oxygen atoms in total. The summed E-state index contributed by atoms with van der Waals surface area (Å²) in [5.74, 6) is 1.76. The molecule has 0 N–H and O–H groups in total. The minimum absolute atomic E-state index is 0.0137. The van der Waals surface area contributed by atoms with Crippen LogP contribution in [0.15, 0.2) is 72.8 Å². The highest BCUT2D eigenvalue weighted by molar-refractivity contribution is 5.80. The molecule has 0 saturated carbocycles. The van der Waals surface area contributed by atoms with Crippen molar-refractivity contribution in [1.82, 2.24) is 19.4 Å². The quantitative estimate of drug-likeness (QED) is 0.363. The standard InChI is InChI=1S/C31H34FN5O2/c1-39-29-11-5-4-10-28(29)35-17-19-36(20-18-35)31(38)23-7-6-16-34(21-23)22-30-33-26-8-2-3-9-27(26)37(30)25-14-12-24(32)13-15-25/h2-5,8-15,23H,6-7,16-22H2,1H3/t23-/m0/s1. The van der Waals surface area contributed by atoms with Crippen molar-refractivity contribution in [3.05, 3.63) is 84.4 Å². The van der Waals surface area contributed by atoms with E-state index in [0.29, 0.717) is 19.6 Å². The predicted molar refractivity (Wildman–Crippen MR) is 151 cm³/mol. The van der Waals surface area contributed by atoms with Gasteiger partial charge in [-0.15, -0.1) is 0 Å². The molecule has 3 aromatic carbocycles. The van der Waals surface area contributed by atoms with Crippen molar-refractivity contribution in [3.63, 3.8) is 0 Å². The van der Waals surface area contributed by atoms with Crippen molar-refractivity contribution in [2.45, 2.75) is 19.4 Å². The molecule has 1 atom stereocenters. The molecule has 2 aliphatic rings. The number of piperidine rings is 1. The van der Waals surface area contributed by atoms with Gasteiger partial charge in [-0.1, -0.05) is 24.3 Å². The molecule has 2 aliphatic heterocycles. The zero-order valence-electron chi connectivity index (χ0n) is 22.3. The fourth-order valence-corrected chi connectivity index (χ4v) is 5.98. The Morgan fingerprint density at radius 2 is 1.69 bits per heavy atom. The fourth-order valence-electron chi connectivity index (χ4n) is 5.98. The SMILES string of the molecule is COc1ccccc1N1CCN(C(=O)[C@H]2CCCN(Cc3nc4ccccc4n3-c3ccc(F)cc3)C2)CC1. The van der Waals surface area contributed by atoms with E-state index in [9.17, 15) is 9.18 Å². The van der Waals surface area contributed by atoms with Crippen LogP contribution in [0.1, 0.15) is 18.7 Å². The number of para-hydroxylation sites is 4. The summed E-state index contributed by atoms with van der Waals surface area (Å²) in [4.78, 5) is 25.2. The number of nitrogens with zero attached hydrogens (tertiary/aromatic N) is 5. The fraction of sp³-hybridized carbons (Fsp3) is 0.355. The van der Waals surface area contributed by atoms with Gasteiger partial charge in [-0.3, -0.25) is 14.3 Å². The van der Waals surface area contributed by atoms with Crippen molar-refractivity contribution in [3.8, 4) is 11.4 Å². The Labute approximate surface area is 228 Å². The van der Waals surface area contributed by atoms with Crippen LogP contribution < -0.4 is 9.64 Å². The highest BCUT2D eigenvalue weighted by Gasteiger charge is 2.32. The maximum Gasteiger partial charge on any atom is 0.227 e. The molecule has 0 radical (unpaired) electrons. The molecule has 39 heavy (non-hydrogen) atoms. The van der Waals surface area contributed by atoms with Crippen LogP contribution in [0.4, 0.5) is 10.1 Å². The molecule has 1 amide bonds. The minimum Gasteiger partial charge on any atom is -0.495 e. The van der Waals surface area contributed by atoms with Crippen LogP contribution in [0.25, 0.3) is 16.7 Å². The summed E-state index contributed by atoms with van der Waals surface area (Å²) >= 11 is 0. The maximum atomic E-state index is 13.7. The van der Waals surface area contributed by atoms with Gasteiger partial charge in [0.1, 0.15) is 17.4 Å². The van der Waals surface area contributed by atoms with Crippen molar-refractivity contribution < 1.29 is 13.9 Å². The van der Waals surface area contributed by atoms with E-state index in [1.807, 2.05) is 47.4 Å². The smallest absolute Gasteiger partial charge is 0.227 e. The number of carbonyl (C=O) groups excluding carboxylic acids is 1. The second-order valence-electron chi connectivity index (χ2n) is 10.4. The molecule has 0 spiro atoms. The number of piperazine rings is 1. The van der Waals surface area contributed by atoms with Gasteiger partial charge in [-0.25, -0.2) is 9.37 Å². The summed E-state index contributed by atoms with van der Waals surface area (Å²) < 4.78 is 21.3. The number of hydrogen-bond donors (Lipinski definition) is 0. The van der Waals surface area contributed by atoms with Crippen molar-refractivity contribution in [2.24, 2.45) is 5.92 Å². The van der Waals surface area contributed by atoms with E-state index in [1.165, 1.54) is 12.1 Å². The molecule has 6 rings (SSSR count). The van der Waals surface area contributed by atoms with E-state index in [0.717, 1.165) is 73.0 Å². The Kier molecular flexibility index (Phi) is 7.20. The predicted octanol–water partition coefficient (Wildman–Crippen LogP) is 4.73. The molecule has 3 heterocycles. The first-order valence-corrected chi connectivity index (χ1v) is 13.7. The summed E-state index contributed by atoms with van der Waals surface area (Å²) in [6.07, 6.45) is 1.89. The van der Waals surface area contributed by atoms with E-state index in [2.05, 4.69) is 20.4 Å². The number of likely N-dealkylation sites (tertiary alicyclic amines) is 1. The van der Waals surface area contributed by atoms with Gasteiger partial charge in [0.05, 0.1) is 36.3 Å². The molecule has 2 fully saturated rings. The Morgan fingerprint density at radius 1 is 0.949 bits per heavy atom. The maximum absolute atomic E-state index is 13.7. The number of benzene rings is 3. The van der Waals surface area contributed by atoms with Crippen LogP contribution in [-0.2, 0) is 11.3 Å².